The number of nitrogens with one attached hydrogen (secondary N) is 1. The average Bonchev–Trinajstić information content (AvgIpc) is 3.04. The Bertz CT molecular complexity index is 588. The third-order valence-electron chi connectivity index (χ3n) is 4.30. The van der Waals surface area contributed by atoms with E-state index in [-0.39, 0.29) is 37.2 Å². The van der Waals surface area contributed by atoms with Gasteiger partial charge in [0.15, 0.2) is 0 Å². The van der Waals surface area contributed by atoms with E-state index in [0.29, 0.717) is 24.7 Å². The van der Waals surface area contributed by atoms with E-state index in [1.165, 1.54) is 4.68 Å². The Morgan fingerprint density at radius 3 is 2.58 bits per heavy atom. The maximum Gasteiger partial charge on any atom is 0.303 e. The number of piperazine rings is 1. The van der Waals surface area contributed by atoms with Crippen LogP contribution < -0.4 is 23.5 Å². The van der Waals surface area contributed by atoms with Gasteiger partial charge in [-0.1, -0.05) is 19.1 Å². The van der Waals surface area contributed by atoms with E-state index in [1.807, 2.05) is 0 Å². The molecule has 1 aliphatic rings. The van der Waals surface area contributed by atoms with Crippen LogP contribution in [-0.4, -0.2) is 63.1 Å². The van der Waals surface area contributed by atoms with E-state index in [4.69, 9.17) is 10.8 Å². The quantitative estimate of drug-likeness (QED) is 0.438. The van der Waals surface area contributed by atoms with Gasteiger partial charge in [-0.15, -0.1) is 5.10 Å². The number of nitrogens with zero attached hydrogens (tertiary/aromatic N) is 4. The third-order valence-corrected chi connectivity index (χ3v) is 4.30. The van der Waals surface area contributed by atoms with Crippen LogP contribution in [0.25, 0.3) is 0 Å². The number of hydrogen-bond acceptors (Lipinski definition) is 6. The fraction of sp³-hybridized carbons (Fsp3) is 0.750. The molecule has 10 heteroatoms. The summed E-state index contributed by atoms with van der Waals surface area (Å²) in [5.41, 5.74) is 6.76. The van der Waals surface area contributed by atoms with Crippen LogP contribution in [0.2, 0.25) is 0 Å². The van der Waals surface area contributed by atoms with Crippen molar-refractivity contribution < 1.29 is 27.1 Å². The molecule has 1 aromatic rings. The summed E-state index contributed by atoms with van der Waals surface area (Å²) in [6.07, 6.45) is 2.53. The van der Waals surface area contributed by atoms with Crippen molar-refractivity contribution in [2.24, 2.45) is 11.7 Å². The van der Waals surface area contributed by atoms with Crippen molar-refractivity contribution in [3.8, 4) is 0 Å². The van der Waals surface area contributed by atoms with Crippen molar-refractivity contribution in [2.75, 3.05) is 26.2 Å². The fourth-order valence-corrected chi connectivity index (χ4v) is 2.97. The maximum atomic E-state index is 12.9. The number of carboxylic acid groups (broad SMARTS) is 1. The van der Waals surface area contributed by atoms with Gasteiger partial charge in [0.25, 0.3) is 0 Å². The lowest BCUT2D eigenvalue weighted by atomic mass is 10.0. The minimum Gasteiger partial charge on any atom is -1.00 e. The van der Waals surface area contributed by atoms with Crippen LogP contribution in [0, 0.1) is 5.92 Å². The zero-order valence-corrected chi connectivity index (χ0v) is 16.0. The lowest BCUT2D eigenvalue weighted by Crippen LogP contribution is -3.00. The van der Waals surface area contributed by atoms with Gasteiger partial charge >= 0.3 is 5.97 Å². The molecular weight excluding hydrogens is 360 g/mol. The van der Waals surface area contributed by atoms with Crippen LogP contribution in [0.4, 0.5) is 0 Å². The maximum absolute atomic E-state index is 12.9. The summed E-state index contributed by atoms with van der Waals surface area (Å²) in [7, 11) is 0. The van der Waals surface area contributed by atoms with Gasteiger partial charge in [0, 0.05) is 32.6 Å². The summed E-state index contributed by atoms with van der Waals surface area (Å²) in [5.74, 6) is -0.628. The zero-order chi connectivity index (χ0) is 18.4. The van der Waals surface area contributed by atoms with Crippen LogP contribution in [0.3, 0.4) is 0 Å². The average molecular weight is 388 g/mol. The Labute approximate surface area is 159 Å². The summed E-state index contributed by atoms with van der Waals surface area (Å²) in [6.45, 7) is 6.84. The van der Waals surface area contributed by atoms with Gasteiger partial charge in [0.1, 0.15) is 6.04 Å². The molecule has 0 bridgehead atoms. The first kappa shape index (κ1) is 22.3. The predicted octanol–water partition coefficient (Wildman–Crippen LogP) is -2.83. The highest BCUT2D eigenvalue weighted by Gasteiger charge is 2.29. The topological polar surface area (TPSA) is 126 Å². The van der Waals surface area contributed by atoms with Gasteiger partial charge in [-0.3, -0.25) is 9.59 Å². The standard InChI is InChI=1S/C16H28N6O3.ClH/c1-11(2)9-12(17)13-10-22(20-19-13)14(3-4-15(23)24)16(25)21-7-5-18-6-8-21;/h10-12,14,18H,3-9,17H2,1-2H3,(H,23,24);1H/p-1/t12?,14-;/m0./s1. The Morgan fingerprint density at radius 1 is 1.35 bits per heavy atom. The zero-order valence-electron chi connectivity index (χ0n) is 15.3. The summed E-state index contributed by atoms with van der Waals surface area (Å²) in [6, 6.07) is -0.912. The number of carboxylic acids is 1. The molecule has 1 fully saturated rings. The van der Waals surface area contributed by atoms with Crippen molar-refractivity contribution in [1.29, 1.82) is 0 Å². The molecule has 1 aliphatic heterocycles. The normalized spacial score (nSPS) is 16.8. The summed E-state index contributed by atoms with van der Waals surface area (Å²) in [4.78, 5) is 25.6. The number of nitrogens with two attached hydrogens (primary N) is 1. The molecule has 2 atom stereocenters. The van der Waals surface area contributed by atoms with E-state index in [0.717, 1.165) is 19.5 Å². The lowest BCUT2D eigenvalue weighted by molar-refractivity contribution is -0.139. The van der Waals surface area contributed by atoms with Crippen LogP contribution in [0.1, 0.15) is 50.9 Å². The number of halogens is 1. The minimum absolute atomic E-state index is 0. The SMILES string of the molecule is CC(C)CC(N)c1cn([C@@H](CCC(=O)O)C(=O)N2CCNCC2)nn1.[Cl-]. The molecule has 26 heavy (non-hydrogen) atoms. The molecule has 1 amide bonds. The number of aromatic nitrogens is 3. The van der Waals surface area contributed by atoms with Gasteiger partial charge in [-0.05, 0) is 18.8 Å². The molecule has 1 unspecified atom stereocenters. The first-order valence-electron chi connectivity index (χ1n) is 8.77. The van der Waals surface area contributed by atoms with Crippen LogP contribution >= 0.6 is 0 Å². The number of carbonyl (C=O) groups excluding carboxylic acids is 1. The number of hydrogen-bond donors (Lipinski definition) is 3. The number of rotatable bonds is 8. The highest BCUT2D eigenvalue weighted by atomic mass is 35.5. The molecule has 0 aromatic carbocycles. The molecule has 4 N–H and O–H groups in total. The Balaban J connectivity index is 0.00000338. The van der Waals surface area contributed by atoms with Crippen LogP contribution in [0.15, 0.2) is 6.20 Å². The monoisotopic (exact) mass is 387 g/mol. The molecule has 1 aromatic heterocycles. The smallest absolute Gasteiger partial charge is 0.303 e. The van der Waals surface area contributed by atoms with Crippen LogP contribution in [-0.2, 0) is 9.59 Å². The van der Waals surface area contributed by atoms with Gasteiger partial charge in [-0.2, -0.15) is 0 Å². The second kappa shape index (κ2) is 10.4. The first-order valence-corrected chi connectivity index (χ1v) is 8.77. The van der Waals surface area contributed by atoms with E-state index < -0.39 is 12.0 Å². The summed E-state index contributed by atoms with van der Waals surface area (Å²) < 4.78 is 1.48. The second-order valence-electron chi connectivity index (χ2n) is 6.88. The molecule has 9 nitrogen and oxygen atoms in total. The second-order valence-corrected chi connectivity index (χ2v) is 6.88. The first-order chi connectivity index (χ1) is 11.9. The van der Waals surface area contributed by atoms with Crippen molar-refractivity contribution in [3.63, 3.8) is 0 Å². The van der Waals surface area contributed by atoms with Crippen molar-refractivity contribution in [2.45, 2.75) is 45.2 Å². The highest BCUT2D eigenvalue weighted by molar-refractivity contribution is 5.81. The molecule has 2 rings (SSSR count). The van der Waals surface area contributed by atoms with E-state index in [2.05, 4.69) is 29.5 Å². The lowest BCUT2D eigenvalue weighted by Gasteiger charge is -2.30. The Kier molecular flexibility index (Phi) is 8.97. The number of aliphatic carboxylic acids is 1. The largest absolute Gasteiger partial charge is 1.00 e. The fourth-order valence-electron chi connectivity index (χ4n) is 2.97. The van der Waals surface area contributed by atoms with Crippen molar-refractivity contribution in [1.82, 2.24) is 25.2 Å². The Morgan fingerprint density at radius 2 is 2.00 bits per heavy atom. The van der Waals surface area contributed by atoms with Gasteiger partial charge in [0.05, 0.1) is 17.9 Å². The summed E-state index contributed by atoms with van der Waals surface area (Å²) >= 11 is 0. The van der Waals surface area contributed by atoms with E-state index >= 15 is 0 Å². The number of carbonyl (C=O) groups is 2. The molecule has 0 saturated carbocycles. The molecule has 1 saturated heterocycles. The molecule has 0 aliphatic carbocycles. The van der Waals surface area contributed by atoms with Gasteiger partial charge < -0.3 is 33.5 Å². The molecule has 0 spiro atoms. The molecular formula is C16H28ClN6O3-. The van der Waals surface area contributed by atoms with Gasteiger partial charge in [0.2, 0.25) is 5.91 Å². The third kappa shape index (κ3) is 6.22. The highest BCUT2D eigenvalue weighted by Crippen LogP contribution is 2.21. The van der Waals surface area contributed by atoms with Crippen LogP contribution in [0.5, 0.6) is 0 Å². The Hall–Kier alpha value is -1.71. The summed E-state index contributed by atoms with van der Waals surface area (Å²) in [5, 5.41) is 20.4. The van der Waals surface area contributed by atoms with E-state index in [9.17, 15) is 9.59 Å². The number of amides is 1. The van der Waals surface area contributed by atoms with Crippen molar-refractivity contribution in [3.05, 3.63) is 11.9 Å². The molecule has 2 heterocycles. The van der Waals surface area contributed by atoms with E-state index in [1.54, 1.807) is 11.1 Å². The predicted molar refractivity (Wildman–Crippen MR) is 91.8 cm³/mol. The molecule has 148 valence electrons. The molecule has 0 radical (unpaired) electrons. The van der Waals surface area contributed by atoms with Crippen molar-refractivity contribution >= 4 is 11.9 Å². The van der Waals surface area contributed by atoms with Gasteiger partial charge in [-0.25, -0.2) is 4.68 Å². The minimum atomic E-state index is -0.935.